The highest BCUT2D eigenvalue weighted by Crippen LogP contribution is 2.30. The third kappa shape index (κ3) is 3.09. The Morgan fingerprint density at radius 1 is 1.47 bits per heavy atom. The SMILES string of the molecule is CC1CCCC1CNCc1cncn1C(C)C. The van der Waals surface area contributed by atoms with Crippen LogP contribution in [-0.4, -0.2) is 16.1 Å². The summed E-state index contributed by atoms with van der Waals surface area (Å²) in [6.45, 7) is 8.89. The van der Waals surface area contributed by atoms with Gasteiger partial charge < -0.3 is 9.88 Å². The molecule has 3 nitrogen and oxygen atoms in total. The molecule has 1 aliphatic carbocycles. The van der Waals surface area contributed by atoms with Crippen LogP contribution in [0.15, 0.2) is 12.5 Å². The average Bonchev–Trinajstić information content (AvgIpc) is 2.88. The Balaban J connectivity index is 1.79. The van der Waals surface area contributed by atoms with Crippen molar-refractivity contribution in [2.75, 3.05) is 6.54 Å². The van der Waals surface area contributed by atoms with Crippen molar-refractivity contribution >= 4 is 0 Å². The molecule has 2 rings (SSSR count). The zero-order valence-corrected chi connectivity index (χ0v) is 11.3. The Bertz CT molecular complexity index is 343. The largest absolute Gasteiger partial charge is 0.331 e. The van der Waals surface area contributed by atoms with Crippen molar-refractivity contribution < 1.29 is 0 Å². The number of aromatic nitrogens is 2. The second-order valence-electron chi connectivity index (χ2n) is 5.69. The van der Waals surface area contributed by atoms with Crippen molar-refractivity contribution in [3.63, 3.8) is 0 Å². The molecule has 1 aliphatic rings. The zero-order valence-electron chi connectivity index (χ0n) is 11.3. The standard InChI is InChI=1S/C14H25N3/c1-11(2)17-10-16-9-14(17)8-15-7-13-6-4-5-12(13)3/h9-13,15H,4-8H2,1-3H3. The van der Waals surface area contributed by atoms with Gasteiger partial charge in [-0.25, -0.2) is 4.98 Å². The summed E-state index contributed by atoms with van der Waals surface area (Å²) in [7, 11) is 0. The molecule has 17 heavy (non-hydrogen) atoms. The van der Waals surface area contributed by atoms with Crippen molar-refractivity contribution in [1.29, 1.82) is 0 Å². The molecule has 0 bridgehead atoms. The van der Waals surface area contributed by atoms with Crippen LogP contribution in [0.1, 0.15) is 51.8 Å². The summed E-state index contributed by atoms with van der Waals surface area (Å²) in [6.07, 6.45) is 8.14. The normalized spacial score (nSPS) is 24.7. The molecule has 1 aromatic heterocycles. The van der Waals surface area contributed by atoms with Crippen LogP contribution in [0.5, 0.6) is 0 Å². The van der Waals surface area contributed by atoms with Crippen LogP contribution in [0.3, 0.4) is 0 Å². The lowest BCUT2D eigenvalue weighted by Gasteiger charge is -2.17. The lowest BCUT2D eigenvalue weighted by atomic mass is 9.98. The molecular weight excluding hydrogens is 210 g/mol. The lowest BCUT2D eigenvalue weighted by molar-refractivity contribution is 0.388. The van der Waals surface area contributed by atoms with Crippen LogP contribution in [0.4, 0.5) is 0 Å². The summed E-state index contributed by atoms with van der Waals surface area (Å²) in [5.41, 5.74) is 1.30. The van der Waals surface area contributed by atoms with Crippen LogP contribution < -0.4 is 5.32 Å². The van der Waals surface area contributed by atoms with Gasteiger partial charge in [0.1, 0.15) is 0 Å². The van der Waals surface area contributed by atoms with E-state index in [1.54, 1.807) is 0 Å². The Kier molecular flexibility index (Phi) is 4.21. The van der Waals surface area contributed by atoms with Gasteiger partial charge in [-0.15, -0.1) is 0 Å². The zero-order chi connectivity index (χ0) is 12.3. The highest BCUT2D eigenvalue weighted by molar-refractivity contribution is 4.99. The van der Waals surface area contributed by atoms with Crippen molar-refractivity contribution in [3.8, 4) is 0 Å². The molecule has 1 fully saturated rings. The van der Waals surface area contributed by atoms with Gasteiger partial charge in [-0.05, 0) is 38.6 Å². The van der Waals surface area contributed by atoms with Gasteiger partial charge in [0.15, 0.2) is 0 Å². The maximum Gasteiger partial charge on any atom is 0.0951 e. The van der Waals surface area contributed by atoms with Crippen LogP contribution in [0, 0.1) is 11.8 Å². The van der Waals surface area contributed by atoms with E-state index in [2.05, 4.69) is 35.6 Å². The van der Waals surface area contributed by atoms with Gasteiger partial charge in [0.25, 0.3) is 0 Å². The summed E-state index contributed by atoms with van der Waals surface area (Å²) in [4.78, 5) is 4.23. The number of nitrogens with zero attached hydrogens (tertiary/aromatic N) is 2. The molecule has 1 aromatic rings. The van der Waals surface area contributed by atoms with Crippen molar-refractivity contribution in [3.05, 3.63) is 18.2 Å². The third-order valence-electron chi connectivity index (χ3n) is 4.05. The highest BCUT2D eigenvalue weighted by Gasteiger charge is 2.22. The van der Waals surface area contributed by atoms with Gasteiger partial charge in [-0.3, -0.25) is 0 Å². The maximum atomic E-state index is 4.23. The number of imidazole rings is 1. The minimum absolute atomic E-state index is 0.500. The molecule has 0 radical (unpaired) electrons. The van der Waals surface area contributed by atoms with Crippen molar-refractivity contribution in [2.45, 2.75) is 52.6 Å². The van der Waals surface area contributed by atoms with Gasteiger partial charge in [0.05, 0.1) is 12.0 Å². The molecule has 0 aliphatic heterocycles. The molecule has 3 heteroatoms. The minimum Gasteiger partial charge on any atom is -0.331 e. The Morgan fingerprint density at radius 3 is 2.94 bits per heavy atom. The number of hydrogen-bond donors (Lipinski definition) is 1. The van der Waals surface area contributed by atoms with Gasteiger partial charge in [0, 0.05) is 18.8 Å². The van der Waals surface area contributed by atoms with E-state index < -0.39 is 0 Å². The van der Waals surface area contributed by atoms with Crippen molar-refractivity contribution in [2.24, 2.45) is 11.8 Å². The molecule has 0 spiro atoms. The monoisotopic (exact) mass is 235 g/mol. The van der Waals surface area contributed by atoms with E-state index in [9.17, 15) is 0 Å². The van der Waals surface area contributed by atoms with Gasteiger partial charge in [-0.1, -0.05) is 19.8 Å². The Hall–Kier alpha value is -0.830. The molecule has 96 valence electrons. The topological polar surface area (TPSA) is 29.9 Å². The second-order valence-corrected chi connectivity index (χ2v) is 5.69. The minimum atomic E-state index is 0.500. The predicted molar refractivity (Wildman–Crippen MR) is 70.8 cm³/mol. The van der Waals surface area contributed by atoms with E-state index in [1.165, 1.54) is 25.0 Å². The lowest BCUT2D eigenvalue weighted by Crippen LogP contribution is -2.25. The average molecular weight is 235 g/mol. The first-order valence-electron chi connectivity index (χ1n) is 6.90. The molecule has 0 amide bonds. The fourth-order valence-corrected chi connectivity index (χ4v) is 2.85. The molecular formula is C14H25N3. The number of hydrogen-bond acceptors (Lipinski definition) is 2. The van der Waals surface area contributed by atoms with Gasteiger partial charge >= 0.3 is 0 Å². The highest BCUT2D eigenvalue weighted by atomic mass is 15.1. The van der Waals surface area contributed by atoms with E-state index in [1.807, 2.05) is 12.5 Å². The first-order valence-corrected chi connectivity index (χ1v) is 6.90. The predicted octanol–water partition coefficient (Wildman–Crippen LogP) is 2.99. The summed E-state index contributed by atoms with van der Waals surface area (Å²) in [5, 5.41) is 3.59. The van der Waals surface area contributed by atoms with Crippen LogP contribution >= 0.6 is 0 Å². The maximum absolute atomic E-state index is 4.23. The summed E-state index contributed by atoms with van der Waals surface area (Å²) >= 11 is 0. The smallest absolute Gasteiger partial charge is 0.0951 e. The van der Waals surface area contributed by atoms with E-state index in [0.29, 0.717) is 6.04 Å². The molecule has 2 atom stereocenters. The fourth-order valence-electron chi connectivity index (χ4n) is 2.85. The van der Waals surface area contributed by atoms with Crippen molar-refractivity contribution in [1.82, 2.24) is 14.9 Å². The van der Waals surface area contributed by atoms with Crippen LogP contribution in [0.25, 0.3) is 0 Å². The molecule has 1 heterocycles. The summed E-state index contributed by atoms with van der Waals surface area (Å²) in [5.74, 6) is 1.78. The fraction of sp³-hybridized carbons (Fsp3) is 0.786. The molecule has 0 saturated heterocycles. The first-order chi connectivity index (χ1) is 8.18. The Labute approximate surface area is 105 Å². The second kappa shape index (κ2) is 5.67. The summed E-state index contributed by atoms with van der Waals surface area (Å²) in [6, 6.07) is 0.500. The quantitative estimate of drug-likeness (QED) is 0.850. The molecule has 0 aromatic carbocycles. The van der Waals surface area contributed by atoms with Crippen LogP contribution in [0.2, 0.25) is 0 Å². The van der Waals surface area contributed by atoms with Crippen LogP contribution in [-0.2, 0) is 6.54 Å². The molecule has 2 unspecified atom stereocenters. The first kappa shape index (κ1) is 12.6. The van der Waals surface area contributed by atoms with E-state index in [4.69, 9.17) is 0 Å². The van der Waals surface area contributed by atoms with E-state index in [-0.39, 0.29) is 0 Å². The number of nitrogens with one attached hydrogen (secondary N) is 1. The number of rotatable bonds is 5. The third-order valence-corrected chi connectivity index (χ3v) is 4.05. The molecule has 1 saturated carbocycles. The summed E-state index contributed by atoms with van der Waals surface area (Å²) < 4.78 is 2.24. The van der Waals surface area contributed by atoms with Gasteiger partial charge in [-0.2, -0.15) is 0 Å². The van der Waals surface area contributed by atoms with Gasteiger partial charge in [0.2, 0.25) is 0 Å². The molecule has 1 N–H and O–H groups in total. The Morgan fingerprint density at radius 2 is 2.29 bits per heavy atom. The van der Waals surface area contributed by atoms with E-state index >= 15 is 0 Å². The van der Waals surface area contributed by atoms with E-state index in [0.717, 1.165) is 24.9 Å².